The van der Waals surface area contributed by atoms with Crippen molar-refractivity contribution in [1.82, 2.24) is 9.80 Å². The van der Waals surface area contributed by atoms with Crippen molar-refractivity contribution >= 4 is 5.91 Å². The first-order valence-electron chi connectivity index (χ1n) is 8.03. The van der Waals surface area contributed by atoms with E-state index in [-0.39, 0.29) is 11.3 Å². The Balaban J connectivity index is 2.48. The summed E-state index contributed by atoms with van der Waals surface area (Å²) < 4.78 is 0. The Kier molecular flexibility index (Phi) is 6.46. The van der Waals surface area contributed by atoms with E-state index in [1.807, 2.05) is 11.8 Å². The molecule has 0 aliphatic carbocycles. The van der Waals surface area contributed by atoms with Gasteiger partial charge < -0.3 is 15.5 Å². The fourth-order valence-corrected chi connectivity index (χ4v) is 2.70. The zero-order chi connectivity index (χ0) is 15.3. The van der Waals surface area contributed by atoms with Gasteiger partial charge in [-0.1, -0.05) is 6.92 Å². The number of nitrogens with two attached hydrogens (primary N) is 1. The van der Waals surface area contributed by atoms with Crippen LogP contribution in [0, 0.1) is 11.3 Å². The lowest BCUT2D eigenvalue weighted by Crippen LogP contribution is -2.49. The molecule has 1 aliphatic rings. The van der Waals surface area contributed by atoms with Crippen LogP contribution in [0.25, 0.3) is 0 Å². The second-order valence-corrected chi connectivity index (χ2v) is 6.89. The van der Waals surface area contributed by atoms with Crippen LogP contribution in [0.1, 0.15) is 47.0 Å². The summed E-state index contributed by atoms with van der Waals surface area (Å²) in [5.74, 6) is 0.968. The summed E-state index contributed by atoms with van der Waals surface area (Å²) in [6.45, 7) is 11.9. The third kappa shape index (κ3) is 4.19. The van der Waals surface area contributed by atoms with E-state index in [0.717, 1.165) is 44.8 Å². The highest BCUT2D eigenvalue weighted by Crippen LogP contribution is 2.26. The van der Waals surface area contributed by atoms with E-state index in [9.17, 15) is 4.79 Å². The molecule has 4 nitrogen and oxygen atoms in total. The molecule has 1 heterocycles. The monoisotopic (exact) mass is 283 g/mol. The number of hydrogen-bond acceptors (Lipinski definition) is 3. The van der Waals surface area contributed by atoms with Crippen LogP contribution >= 0.6 is 0 Å². The summed E-state index contributed by atoms with van der Waals surface area (Å²) in [6, 6.07) is 0.593. The highest BCUT2D eigenvalue weighted by molar-refractivity contribution is 5.82. The number of amides is 1. The molecule has 4 heteroatoms. The maximum Gasteiger partial charge on any atom is 0.229 e. The molecule has 1 amide bonds. The van der Waals surface area contributed by atoms with Crippen molar-refractivity contribution in [1.29, 1.82) is 0 Å². The van der Waals surface area contributed by atoms with Crippen LogP contribution < -0.4 is 5.73 Å². The Hall–Kier alpha value is -0.610. The van der Waals surface area contributed by atoms with Crippen molar-refractivity contribution in [3.8, 4) is 0 Å². The molecule has 2 N–H and O–H groups in total. The molecular formula is C16H33N3O. The van der Waals surface area contributed by atoms with Crippen LogP contribution in [0.4, 0.5) is 0 Å². The molecule has 0 aromatic rings. The van der Waals surface area contributed by atoms with Crippen LogP contribution in [0.5, 0.6) is 0 Å². The quantitative estimate of drug-likeness (QED) is 0.810. The number of piperidine rings is 1. The fourth-order valence-electron chi connectivity index (χ4n) is 2.70. The van der Waals surface area contributed by atoms with Crippen LogP contribution in [0.3, 0.4) is 0 Å². The minimum atomic E-state index is -0.373. The molecule has 0 saturated carbocycles. The summed E-state index contributed by atoms with van der Waals surface area (Å²) in [4.78, 5) is 17.0. The SMILES string of the molecule is CCC(C)(CN)C(=O)N1CCC(CN(C)C(C)C)CC1. The van der Waals surface area contributed by atoms with Gasteiger partial charge in [0.1, 0.15) is 0 Å². The van der Waals surface area contributed by atoms with Gasteiger partial charge in [-0.25, -0.2) is 0 Å². The smallest absolute Gasteiger partial charge is 0.229 e. The van der Waals surface area contributed by atoms with Crippen molar-refractivity contribution in [2.75, 3.05) is 33.2 Å². The minimum Gasteiger partial charge on any atom is -0.342 e. The van der Waals surface area contributed by atoms with Gasteiger partial charge in [0.15, 0.2) is 0 Å². The Morgan fingerprint density at radius 2 is 1.95 bits per heavy atom. The number of carbonyl (C=O) groups is 1. The Morgan fingerprint density at radius 1 is 1.40 bits per heavy atom. The molecule has 1 rings (SSSR count). The summed E-state index contributed by atoms with van der Waals surface area (Å²) >= 11 is 0. The third-order valence-electron chi connectivity index (χ3n) is 5.08. The molecule has 1 aliphatic heterocycles. The number of nitrogens with zero attached hydrogens (tertiary/aromatic N) is 2. The molecule has 0 aromatic carbocycles. The normalized spacial score (nSPS) is 20.5. The third-order valence-corrected chi connectivity index (χ3v) is 5.08. The topological polar surface area (TPSA) is 49.6 Å². The van der Waals surface area contributed by atoms with Crippen molar-refractivity contribution < 1.29 is 4.79 Å². The molecule has 0 spiro atoms. The highest BCUT2D eigenvalue weighted by Gasteiger charge is 2.35. The minimum absolute atomic E-state index is 0.248. The van der Waals surface area contributed by atoms with Gasteiger partial charge in [-0.2, -0.15) is 0 Å². The molecule has 20 heavy (non-hydrogen) atoms. The van der Waals surface area contributed by atoms with Crippen LogP contribution in [0.15, 0.2) is 0 Å². The molecule has 118 valence electrons. The Bertz CT molecular complexity index is 305. The highest BCUT2D eigenvalue weighted by atomic mass is 16.2. The number of hydrogen-bond donors (Lipinski definition) is 1. The predicted octanol–water partition coefficient (Wildman–Crippen LogP) is 1.94. The van der Waals surface area contributed by atoms with Crippen molar-refractivity contribution in [2.45, 2.75) is 53.0 Å². The van der Waals surface area contributed by atoms with Gasteiger partial charge in [-0.15, -0.1) is 0 Å². The first kappa shape index (κ1) is 17.4. The van der Waals surface area contributed by atoms with Gasteiger partial charge in [-0.05, 0) is 53.0 Å². The van der Waals surface area contributed by atoms with E-state index in [0.29, 0.717) is 12.6 Å². The summed E-state index contributed by atoms with van der Waals surface area (Å²) in [7, 11) is 2.19. The fraction of sp³-hybridized carbons (Fsp3) is 0.938. The summed E-state index contributed by atoms with van der Waals surface area (Å²) in [5.41, 5.74) is 5.42. The van der Waals surface area contributed by atoms with Crippen molar-refractivity contribution in [3.63, 3.8) is 0 Å². The second kappa shape index (κ2) is 7.41. The molecule has 1 unspecified atom stereocenters. The first-order chi connectivity index (χ1) is 9.34. The summed E-state index contributed by atoms with van der Waals surface area (Å²) in [6.07, 6.45) is 3.05. The van der Waals surface area contributed by atoms with E-state index < -0.39 is 0 Å². The molecule has 1 atom stereocenters. The van der Waals surface area contributed by atoms with Gasteiger partial charge >= 0.3 is 0 Å². The molecule has 1 saturated heterocycles. The molecular weight excluding hydrogens is 250 g/mol. The lowest BCUT2D eigenvalue weighted by Gasteiger charge is -2.39. The predicted molar refractivity (Wildman–Crippen MR) is 84.5 cm³/mol. The first-order valence-corrected chi connectivity index (χ1v) is 8.03. The average Bonchev–Trinajstić information content (AvgIpc) is 2.46. The van der Waals surface area contributed by atoms with Crippen molar-refractivity contribution in [3.05, 3.63) is 0 Å². The number of carbonyl (C=O) groups excluding carboxylic acids is 1. The van der Waals surface area contributed by atoms with Gasteiger partial charge in [-0.3, -0.25) is 4.79 Å². The average molecular weight is 283 g/mol. The lowest BCUT2D eigenvalue weighted by atomic mass is 9.84. The van der Waals surface area contributed by atoms with Crippen LogP contribution in [-0.4, -0.2) is 55.0 Å². The maximum atomic E-state index is 12.6. The zero-order valence-electron chi connectivity index (χ0n) is 14.0. The van der Waals surface area contributed by atoms with Gasteiger partial charge in [0.05, 0.1) is 5.41 Å². The van der Waals surface area contributed by atoms with Crippen molar-refractivity contribution in [2.24, 2.45) is 17.1 Å². The zero-order valence-corrected chi connectivity index (χ0v) is 14.0. The summed E-state index contributed by atoms with van der Waals surface area (Å²) in [5, 5.41) is 0. The van der Waals surface area contributed by atoms with E-state index in [2.05, 4.69) is 32.7 Å². The number of likely N-dealkylation sites (tertiary alicyclic amines) is 1. The standard InChI is InChI=1S/C16H33N3O/c1-6-16(4,12-17)15(20)19-9-7-14(8-10-19)11-18(5)13(2)3/h13-14H,6-12,17H2,1-5H3. The molecule has 0 bridgehead atoms. The maximum absolute atomic E-state index is 12.6. The lowest BCUT2D eigenvalue weighted by molar-refractivity contribution is -0.142. The van der Waals surface area contributed by atoms with E-state index in [1.54, 1.807) is 0 Å². The van der Waals surface area contributed by atoms with Crippen LogP contribution in [-0.2, 0) is 4.79 Å². The van der Waals surface area contributed by atoms with E-state index in [1.165, 1.54) is 0 Å². The molecule has 1 fully saturated rings. The Labute approximate surface area is 124 Å². The molecule has 0 radical (unpaired) electrons. The second-order valence-electron chi connectivity index (χ2n) is 6.89. The van der Waals surface area contributed by atoms with Gasteiger partial charge in [0.25, 0.3) is 0 Å². The van der Waals surface area contributed by atoms with Gasteiger partial charge in [0, 0.05) is 32.2 Å². The van der Waals surface area contributed by atoms with E-state index >= 15 is 0 Å². The Morgan fingerprint density at radius 3 is 2.35 bits per heavy atom. The largest absolute Gasteiger partial charge is 0.342 e. The number of rotatable bonds is 6. The van der Waals surface area contributed by atoms with Gasteiger partial charge in [0.2, 0.25) is 5.91 Å². The molecule has 0 aromatic heterocycles. The van der Waals surface area contributed by atoms with E-state index in [4.69, 9.17) is 5.73 Å². The van der Waals surface area contributed by atoms with Crippen LogP contribution in [0.2, 0.25) is 0 Å².